The third kappa shape index (κ3) is 6.01. The number of rotatable bonds is 10. The summed E-state index contributed by atoms with van der Waals surface area (Å²) in [6.07, 6.45) is 16.1. The average Bonchev–Trinajstić information content (AvgIpc) is 3.12. The summed E-state index contributed by atoms with van der Waals surface area (Å²) in [4.78, 5) is 0. The highest BCUT2D eigenvalue weighted by Gasteiger charge is 2.54. The lowest BCUT2D eigenvalue weighted by Crippen LogP contribution is -2.32. The van der Waals surface area contributed by atoms with Crippen molar-refractivity contribution in [3.63, 3.8) is 0 Å². The van der Waals surface area contributed by atoms with Crippen LogP contribution in [-0.4, -0.2) is 41.3 Å². The Hall–Kier alpha value is -0.460. The lowest BCUT2D eigenvalue weighted by molar-refractivity contribution is -0.241. The van der Waals surface area contributed by atoms with Gasteiger partial charge >= 0.3 is 0 Å². The van der Waals surface area contributed by atoms with Crippen LogP contribution in [0.2, 0.25) is 0 Å². The molecule has 1 aliphatic carbocycles. The molecule has 3 rings (SSSR count). The Balaban J connectivity index is 1.53. The highest BCUT2D eigenvalue weighted by atomic mass is 16.7. The van der Waals surface area contributed by atoms with E-state index in [0.717, 1.165) is 32.3 Å². The van der Waals surface area contributed by atoms with Crippen LogP contribution in [0.1, 0.15) is 84.0 Å². The van der Waals surface area contributed by atoms with E-state index < -0.39 is 12.1 Å². The van der Waals surface area contributed by atoms with Gasteiger partial charge in [-0.15, -0.1) is 0 Å². The van der Waals surface area contributed by atoms with Crippen LogP contribution >= 0.6 is 0 Å². The molecule has 0 amide bonds. The van der Waals surface area contributed by atoms with Gasteiger partial charge in [-0.25, -0.2) is 0 Å². The lowest BCUT2D eigenvalue weighted by atomic mass is 9.90. The Morgan fingerprint density at radius 1 is 1.19 bits per heavy atom. The third-order valence-corrected chi connectivity index (χ3v) is 6.36. The number of fused-ring (bicyclic) bond motifs is 1. The second-order valence-corrected chi connectivity index (χ2v) is 8.52. The average molecular weight is 383 g/mol. The molecule has 0 bridgehead atoms. The number of hydrogen-bond acceptors (Lipinski definition) is 5. The topological polar surface area (TPSA) is 68.2 Å². The van der Waals surface area contributed by atoms with E-state index in [1.807, 2.05) is 0 Å². The van der Waals surface area contributed by atoms with Gasteiger partial charge in [0.2, 0.25) is 0 Å². The zero-order valence-corrected chi connectivity index (χ0v) is 16.9. The fourth-order valence-electron chi connectivity index (χ4n) is 4.77. The van der Waals surface area contributed by atoms with Crippen molar-refractivity contribution in [2.45, 2.75) is 108 Å². The first kappa shape index (κ1) is 21.3. The quantitative estimate of drug-likeness (QED) is 0.436. The third-order valence-electron chi connectivity index (χ3n) is 6.36. The number of unbranched alkanes of at least 4 members (excludes halogenated alkanes) is 4. The maximum absolute atomic E-state index is 10.6. The predicted molar refractivity (Wildman–Crippen MR) is 104 cm³/mol. The number of ether oxygens (including phenoxy) is 3. The number of hydrogen-bond donors (Lipinski definition) is 2. The predicted octanol–water partition coefficient (Wildman–Crippen LogP) is 4.27. The molecule has 2 N–H and O–H groups in total. The van der Waals surface area contributed by atoms with Crippen molar-refractivity contribution in [1.29, 1.82) is 0 Å². The van der Waals surface area contributed by atoms with Crippen molar-refractivity contribution in [2.75, 3.05) is 6.61 Å². The largest absolute Gasteiger partial charge is 0.368 e. The fourth-order valence-corrected chi connectivity index (χ4v) is 4.77. The van der Waals surface area contributed by atoms with Crippen LogP contribution in [0.4, 0.5) is 0 Å². The van der Waals surface area contributed by atoms with Crippen LogP contribution < -0.4 is 0 Å². The van der Waals surface area contributed by atoms with Gasteiger partial charge in [-0.2, -0.15) is 0 Å². The summed E-state index contributed by atoms with van der Waals surface area (Å²) in [5, 5.41) is 20.3. The first-order chi connectivity index (χ1) is 13.1. The molecule has 2 aliphatic heterocycles. The molecule has 0 aromatic carbocycles. The highest BCUT2D eigenvalue weighted by Crippen LogP contribution is 2.49. The van der Waals surface area contributed by atoms with E-state index in [0.29, 0.717) is 12.8 Å². The molecule has 27 heavy (non-hydrogen) atoms. The van der Waals surface area contributed by atoms with Crippen LogP contribution in [-0.2, 0) is 14.2 Å². The van der Waals surface area contributed by atoms with Crippen molar-refractivity contribution in [3.05, 3.63) is 12.2 Å². The first-order valence-electron chi connectivity index (χ1n) is 11.1. The Bertz CT molecular complexity index is 462. The summed E-state index contributed by atoms with van der Waals surface area (Å²) in [7, 11) is 0. The van der Waals surface area contributed by atoms with Crippen LogP contribution in [0.25, 0.3) is 0 Å². The molecule has 3 aliphatic rings. The molecule has 0 aromatic heterocycles. The summed E-state index contributed by atoms with van der Waals surface area (Å²) in [5.41, 5.74) is 0. The van der Waals surface area contributed by atoms with E-state index >= 15 is 0 Å². The second kappa shape index (κ2) is 10.4. The van der Waals surface area contributed by atoms with E-state index in [-0.39, 0.29) is 24.2 Å². The minimum absolute atomic E-state index is 0.0140. The van der Waals surface area contributed by atoms with Crippen molar-refractivity contribution in [3.8, 4) is 0 Å². The summed E-state index contributed by atoms with van der Waals surface area (Å²) in [5.74, 6) is -0.914. The molecule has 6 atom stereocenters. The van der Waals surface area contributed by atoms with Crippen LogP contribution in [0.15, 0.2) is 12.2 Å². The zero-order valence-electron chi connectivity index (χ0n) is 16.9. The van der Waals surface area contributed by atoms with E-state index in [4.69, 9.17) is 14.2 Å². The zero-order chi connectivity index (χ0) is 19.1. The van der Waals surface area contributed by atoms with Crippen LogP contribution in [0.3, 0.4) is 0 Å². The molecule has 156 valence electrons. The lowest BCUT2D eigenvalue weighted by Gasteiger charge is -2.27. The normalized spacial score (nSPS) is 37.7. The minimum atomic E-state index is -1.14. The van der Waals surface area contributed by atoms with Crippen LogP contribution in [0.5, 0.6) is 0 Å². The second-order valence-electron chi connectivity index (χ2n) is 8.52. The van der Waals surface area contributed by atoms with Crippen molar-refractivity contribution < 1.29 is 24.4 Å². The van der Waals surface area contributed by atoms with Gasteiger partial charge < -0.3 is 24.4 Å². The molecule has 1 saturated carbocycles. The minimum Gasteiger partial charge on any atom is -0.368 e. The Labute approximate surface area is 164 Å². The number of allylic oxidation sites excluding steroid dienone is 1. The Morgan fingerprint density at radius 3 is 2.81 bits per heavy atom. The molecule has 0 radical (unpaired) electrons. The molecular formula is C22H38O5. The molecule has 0 spiro atoms. The number of aliphatic hydroxyl groups excluding tert-OH is 1. The molecule has 0 aromatic rings. The van der Waals surface area contributed by atoms with E-state index in [9.17, 15) is 10.2 Å². The molecular weight excluding hydrogens is 344 g/mol. The van der Waals surface area contributed by atoms with Gasteiger partial charge in [0, 0.05) is 25.4 Å². The highest BCUT2D eigenvalue weighted by molar-refractivity contribution is 5.05. The SMILES string of the molecule is CCCCCCC[C@@H](/C=C/C1CCC2(O)OC(O)CC12)OC1CCCCO1. The van der Waals surface area contributed by atoms with Crippen molar-refractivity contribution >= 4 is 0 Å². The van der Waals surface area contributed by atoms with Gasteiger partial charge in [0.25, 0.3) is 0 Å². The van der Waals surface area contributed by atoms with E-state index in [2.05, 4.69) is 19.1 Å². The molecule has 2 heterocycles. The van der Waals surface area contributed by atoms with Gasteiger partial charge in [-0.3, -0.25) is 0 Å². The van der Waals surface area contributed by atoms with Gasteiger partial charge in [-0.1, -0.05) is 51.2 Å². The van der Waals surface area contributed by atoms with E-state index in [1.54, 1.807) is 0 Å². The summed E-state index contributed by atoms with van der Waals surface area (Å²) < 4.78 is 17.4. The molecule has 2 saturated heterocycles. The smallest absolute Gasteiger partial charge is 0.172 e. The maximum Gasteiger partial charge on any atom is 0.172 e. The summed E-state index contributed by atoms with van der Waals surface area (Å²) in [6, 6.07) is 0. The molecule has 5 heteroatoms. The fraction of sp³-hybridized carbons (Fsp3) is 0.909. The number of aliphatic hydroxyl groups is 2. The van der Waals surface area contributed by atoms with Gasteiger partial charge in [0.05, 0.1) is 6.10 Å². The van der Waals surface area contributed by atoms with Gasteiger partial charge in [0.1, 0.15) is 0 Å². The first-order valence-corrected chi connectivity index (χ1v) is 11.1. The summed E-state index contributed by atoms with van der Waals surface area (Å²) in [6.45, 7) is 3.03. The summed E-state index contributed by atoms with van der Waals surface area (Å²) >= 11 is 0. The maximum atomic E-state index is 10.6. The van der Waals surface area contributed by atoms with E-state index in [1.165, 1.54) is 38.5 Å². The van der Waals surface area contributed by atoms with Crippen molar-refractivity contribution in [2.24, 2.45) is 11.8 Å². The van der Waals surface area contributed by atoms with Crippen molar-refractivity contribution in [1.82, 2.24) is 0 Å². The Kier molecular flexibility index (Phi) is 8.15. The monoisotopic (exact) mass is 382 g/mol. The molecule has 5 nitrogen and oxygen atoms in total. The molecule has 5 unspecified atom stereocenters. The standard InChI is InChI=1S/C22H38O5/c1-2-3-4-5-6-9-18(26-21-10-7-8-15-25-21)12-11-17-13-14-22(24)19(17)16-20(23)27-22/h11-12,17-21,23-24H,2-10,13-16H2,1H3/b12-11+/t17?,18-,19?,20?,21?,22?/m0/s1. The molecule has 3 fully saturated rings. The Morgan fingerprint density at radius 2 is 2.04 bits per heavy atom. The van der Waals surface area contributed by atoms with Crippen LogP contribution in [0, 0.1) is 11.8 Å². The van der Waals surface area contributed by atoms with Gasteiger partial charge in [-0.05, 0) is 38.0 Å². The van der Waals surface area contributed by atoms with Gasteiger partial charge in [0.15, 0.2) is 18.4 Å².